The summed E-state index contributed by atoms with van der Waals surface area (Å²) in [6, 6.07) is 4.76. The minimum Gasteiger partial charge on any atom is -0.477 e. The first kappa shape index (κ1) is 15.1. The maximum Gasteiger partial charge on any atom is 0.348 e. The molecule has 0 atom stereocenters. The van der Waals surface area contributed by atoms with Crippen molar-refractivity contribution in [3.63, 3.8) is 0 Å². The summed E-state index contributed by atoms with van der Waals surface area (Å²) < 4.78 is 0. The molecule has 0 saturated heterocycles. The number of halogens is 4. The van der Waals surface area contributed by atoms with Gasteiger partial charge in [-0.1, -0.05) is 46.4 Å². The molecular formula is C10H6Cl4N2O2. The summed E-state index contributed by atoms with van der Waals surface area (Å²) in [6.07, 6.45) is 1.06. The Morgan fingerprint density at radius 1 is 1.33 bits per heavy atom. The Kier molecular flexibility index (Phi) is 5.75. The number of carboxylic acids is 1. The molecule has 0 aromatic heterocycles. The zero-order valence-corrected chi connectivity index (χ0v) is 11.6. The van der Waals surface area contributed by atoms with E-state index in [0.717, 1.165) is 6.21 Å². The van der Waals surface area contributed by atoms with Crippen LogP contribution in [0.15, 0.2) is 33.4 Å². The Labute approximate surface area is 123 Å². The van der Waals surface area contributed by atoms with E-state index in [1.807, 2.05) is 0 Å². The Morgan fingerprint density at radius 3 is 2.56 bits per heavy atom. The van der Waals surface area contributed by atoms with Crippen molar-refractivity contribution in [1.82, 2.24) is 0 Å². The summed E-state index contributed by atoms with van der Waals surface area (Å²) in [5, 5.41) is 12.4. The second kappa shape index (κ2) is 6.85. The van der Waals surface area contributed by atoms with Gasteiger partial charge in [-0.3, -0.25) is 5.43 Å². The van der Waals surface area contributed by atoms with Crippen molar-refractivity contribution in [1.29, 1.82) is 0 Å². The molecule has 1 aromatic rings. The standard InChI is InChI=1S/C10H6Cl4N2O2/c11-5-1-2-8(6(12)3-5)16-15-4-7(13)9(14)10(17)18/h1-4,16H,(H,17,18)/b9-7-,15-4?. The minimum atomic E-state index is -1.34. The highest BCUT2D eigenvalue weighted by molar-refractivity contribution is 6.51. The monoisotopic (exact) mass is 326 g/mol. The van der Waals surface area contributed by atoms with Crippen LogP contribution in [-0.4, -0.2) is 17.3 Å². The van der Waals surface area contributed by atoms with Crippen LogP contribution in [0.5, 0.6) is 0 Å². The van der Waals surface area contributed by atoms with E-state index in [0.29, 0.717) is 15.7 Å². The Bertz CT molecular complexity index is 529. The molecular weight excluding hydrogens is 322 g/mol. The van der Waals surface area contributed by atoms with E-state index in [-0.39, 0.29) is 5.03 Å². The normalized spacial score (nSPS) is 12.4. The lowest BCUT2D eigenvalue weighted by Crippen LogP contribution is -1.98. The molecule has 0 bridgehead atoms. The summed E-state index contributed by atoms with van der Waals surface area (Å²) in [4.78, 5) is 10.5. The highest BCUT2D eigenvalue weighted by Gasteiger charge is 2.07. The van der Waals surface area contributed by atoms with E-state index in [9.17, 15) is 4.79 Å². The summed E-state index contributed by atoms with van der Waals surface area (Å²) in [6.45, 7) is 0. The van der Waals surface area contributed by atoms with Crippen LogP contribution in [0.4, 0.5) is 5.69 Å². The number of nitrogens with zero attached hydrogens (tertiary/aromatic N) is 1. The van der Waals surface area contributed by atoms with Crippen LogP contribution in [0.2, 0.25) is 10.0 Å². The topological polar surface area (TPSA) is 61.7 Å². The highest BCUT2D eigenvalue weighted by Crippen LogP contribution is 2.25. The fraction of sp³-hybridized carbons (Fsp3) is 0. The van der Waals surface area contributed by atoms with Gasteiger partial charge in [0, 0.05) is 5.02 Å². The number of nitrogens with one attached hydrogen (secondary N) is 1. The molecule has 0 fully saturated rings. The lowest BCUT2D eigenvalue weighted by molar-refractivity contribution is -0.131. The number of hydrazone groups is 1. The van der Waals surface area contributed by atoms with Crippen LogP contribution < -0.4 is 5.43 Å². The first-order valence-electron chi connectivity index (χ1n) is 4.44. The number of rotatable bonds is 4. The molecule has 0 unspecified atom stereocenters. The Morgan fingerprint density at radius 2 is 2.00 bits per heavy atom. The van der Waals surface area contributed by atoms with E-state index in [1.54, 1.807) is 12.1 Å². The van der Waals surface area contributed by atoms with Crippen LogP contribution >= 0.6 is 46.4 Å². The van der Waals surface area contributed by atoms with Gasteiger partial charge in [-0.25, -0.2) is 4.79 Å². The highest BCUT2D eigenvalue weighted by atomic mass is 35.5. The number of anilines is 1. The third-order valence-electron chi connectivity index (χ3n) is 1.69. The molecule has 0 aliphatic carbocycles. The van der Waals surface area contributed by atoms with Crippen molar-refractivity contribution in [2.24, 2.45) is 5.10 Å². The zero-order valence-electron chi connectivity index (χ0n) is 8.62. The smallest absolute Gasteiger partial charge is 0.348 e. The van der Waals surface area contributed by atoms with Gasteiger partial charge >= 0.3 is 5.97 Å². The molecule has 0 heterocycles. The van der Waals surface area contributed by atoms with E-state index in [1.165, 1.54) is 6.07 Å². The van der Waals surface area contributed by atoms with Crippen molar-refractivity contribution in [3.8, 4) is 0 Å². The maximum absolute atomic E-state index is 10.5. The van der Waals surface area contributed by atoms with Gasteiger partial charge in [0.15, 0.2) is 0 Å². The van der Waals surface area contributed by atoms with Crippen molar-refractivity contribution in [2.45, 2.75) is 0 Å². The van der Waals surface area contributed by atoms with Crippen LogP contribution in [0.1, 0.15) is 0 Å². The third kappa shape index (κ3) is 4.38. The first-order valence-corrected chi connectivity index (χ1v) is 5.95. The predicted octanol–water partition coefficient (Wildman–Crippen LogP) is 4.16. The van der Waals surface area contributed by atoms with Crippen molar-refractivity contribution in [2.75, 3.05) is 5.43 Å². The first-order chi connectivity index (χ1) is 8.41. The van der Waals surface area contributed by atoms with Crippen molar-refractivity contribution < 1.29 is 9.90 Å². The van der Waals surface area contributed by atoms with E-state index in [2.05, 4.69) is 10.5 Å². The number of carbonyl (C=O) groups is 1. The average Bonchev–Trinajstić information content (AvgIpc) is 2.30. The number of hydrogen-bond acceptors (Lipinski definition) is 3. The van der Waals surface area contributed by atoms with Gasteiger partial charge < -0.3 is 5.11 Å². The van der Waals surface area contributed by atoms with Crippen LogP contribution in [-0.2, 0) is 4.79 Å². The lowest BCUT2D eigenvalue weighted by Gasteiger charge is -2.02. The number of carboxylic acid groups (broad SMARTS) is 1. The molecule has 0 aliphatic rings. The van der Waals surface area contributed by atoms with E-state index < -0.39 is 11.0 Å². The summed E-state index contributed by atoms with van der Waals surface area (Å²) >= 11 is 22.6. The second-order valence-corrected chi connectivity index (χ2v) is 4.59. The molecule has 96 valence electrons. The van der Waals surface area contributed by atoms with E-state index in [4.69, 9.17) is 51.5 Å². The van der Waals surface area contributed by atoms with Crippen LogP contribution in [0, 0.1) is 0 Å². The van der Waals surface area contributed by atoms with E-state index >= 15 is 0 Å². The fourth-order valence-electron chi connectivity index (χ4n) is 0.897. The summed E-state index contributed by atoms with van der Waals surface area (Å²) in [7, 11) is 0. The molecule has 2 N–H and O–H groups in total. The molecule has 1 aromatic carbocycles. The fourth-order valence-corrected chi connectivity index (χ4v) is 1.53. The number of benzene rings is 1. The molecule has 4 nitrogen and oxygen atoms in total. The maximum atomic E-state index is 10.5. The predicted molar refractivity (Wildman–Crippen MR) is 74.9 cm³/mol. The SMILES string of the molecule is O=C(O)/C(Cl)=C(/Cl)C=NNc1ccc(Cl)cc1Cl. The van der Waals surface area contributed by atoms with Gasteiger partial charge in [0.2, 0.25) is 0 Å². The molecule has 0 spiro atoms. The molecule has 0 saturated carbocycles. The van der Waals surface area contributed by atoms with Crippen LogP contribution in [0.25, 0.3) is 0 Å². The average molecular weight is 328 g/mol. The van der Waals surface area contributed by atoms with Gasteiger partial charge in [-0.15, -0.1) is 0 Å². The third-order valence-corrected chi connectivity index (χ3v) is 2.99. The Balaban J connectivity index is 2.77. The molecule has 0 aliphatic heterocycles. The molecule has 8 heteroatoms. The molecule has 1 rings (SSSR count). The van der Waals surface area contributed by atoms with Gasteiger partial charge in [0.05, 0.1) is 22.0 Å². The summed E-state index contributed by atoms with van der Waals surface area (Å²) in [5.41, 5.74) is 3.07. The van der Waals surface area contributed by atoms with Gasteiger partial charge in [-0.05, 0) is 18.2 Å². The van der Waals surface area contributed by atoms with Gasteiger partial charge in [0.1, 0.15) is 5.03 Å². The Hall–Kier alpha value is -0.940. The zero-order chi connectivity index (χ0) is 13.7. The van der Waals surface area contributed by atoms with Crippen molar-refractivity contribution in [3.05, 3.63) is 38.3 Å². The molecule has 18 heavy (non-hydrogen) atoms. The van der Waals surface area contributed by atoms with Gasteiger partial charge in [0.25, 0.3) is 0 Å². The van der Waals surface area contributed by atoms with Gasteiger partial charge in [-0.2, -0.15) is 5.10 Å². The second-order valence-electron chi connectivity index (χ2n) is 2.96. The number of hydrogen-bond donors (Lipinski definition) is 2. The van der Waals surface area contributed by atoms with Crippen molar-refractivity contribution >= 4 is 64.3 Å². The largest absolute Gasteiger partial charge is 0.477 e. The van der Waals surface area contributed by atoms with Crippen LogP contribution in [0.3, 0.4) is 0 Å². The quantitative estimate of drug-likeness (QED) is 0.495. The minimum absolute atomic E-state index is 0.207. The number of aliphatic carboxylic acids is 1. The molecule has 0 radical (unpaired) electrons. The molecule has 0 amide bonds. The number of allylic oxidation sites excluding steroid dienone is 1. The lowest BCUT2D eigenvalue weighted by atomic mass is 10.3. The summed E-state index contributed by atoms with van der Waals surface area (Å²) in [5.74, 6) is -1.34.